The first-order valence-corrected chi connectivity index (χ1v) is 8.70. The van der Waals surface area contributed by atoms with Crippen molar-refractivity contribution < 1.29 is 4.42 Å². The monoisotopic (exact) mass is 330 g/mol. The lowest BCUT2D eigenvalue weighted by atomic mass is 9.96. The van der Waals surface area contributed by atoms with Gasteiger partial charge in [-0.15, -0.1) is 0 Å². The number of hydrogen-bond acceptors (Lipinski definition) is 5. The summed E-state index contributed by atoms with van der Waals surface area (Å²) in [5.41, 5.74) is 1.85. The molecule has 1 saturated heterocycles. The van der Waals surface area contributed by atoms with E-state index in [-0.39, 0.29) is 5.56 Å². The Morgan fingerprint density at radius 1 is 1.33 bits per heavy atom. The molecule has 0 aliphatic carbocycles. The summed E-state index contributed by atoms with van der Waals surface area (Å²) in [6.45, 7) is 9.75. The van der Waals surface area contributed by atoms with Crippen molar-refractivity contribution in [2.45, 2.75) is 52.6 Å². The molecule has 0 radical (unpaired) electrons. The van der Waals surface area contributed by atoms with E-state index < -0.39 is 0 Å². The third kappa shape index (κ3) is 3.75. The van der Waals surface area contributed by atoms with E-state index >= 15 is 0 Å². The van der Waals surface area contributed by atoms with Gasteiger partial charge in [0.15, 0.2) is 6.39 Å². The average Bonchev–Trinajstić information content (AvgIpc) is 3.02. The summed E-state index contributed by atoms with van der Waals surface area (Å²) < 4.78 is 7.26. The molecule has 0 bridgehead atoms. The standard InChI is InChI=1S/C18H26N4O2/c1-13(2)17-16(20-12-24-17)10-21-6-4-15(5-7-21)9-22-11-19-8-14(3)18(22)23/h8,11-13,15H,4-7,9-10H2,1-3H3. The molecule has 3 rings (SSSR count). The van der Waals surface area contributed by atoms with E-state index in [1.54, 1.807) is 23.5 Å². The molecule has 0 atom stereocenters. The van der Waals surface area contributed by atoms with Crippen LogP contribution in [-0.4, -0.2) is 32.5 Å². The molecule has 3 heterocycles. The van der Waals surface area contributed by atoms with Crippen LogP contribution >= 0.6 is 0 Å². The van der Waals surface area contributed by atoms with Gasteiger partial charge >= 0.3 is 0 Å². The molecule has 6 heteroatoms. The summed E-state index contributed by atoms with van der Waals surface area (Å²) in [5, 5.41) is 0. The fourth-order valence-corrected chi connectivity index (χ4v) is 3.37. The van der Waals surface area contributed by atoms with Gasteiger partial charge < -0.3 is 4.42 Å². The summed E-state index contributed by atoms with van der Waals surface area (Å²) in [6.07, 6.45) is 7.02. The third-order valence-electron chi connectivity index (χ3n) is 4.80. The number of aryl methyl sites for hydroxylation is 1. The van der Waals surface area contributed by atoms with Gasteiger partial charge in [-0.25, -0.2) is 9.97 Å². The summed E-state index contributed by atoms with van der Waals surface area (Å²) in [7, 11) is 0. The van der Waals surface area contributed by atoms with Gasteiger partial charge in [-0.2, -0.15) is 0 Å². The van der Waals surface area contributed by atoms with Crippen LogP contribution in [0.1, 0.15) is 49.6 Å². The maximum atomic E-state index is 12.1. The molecule has 2 aromatic rings. The number of nitrogens with zero attached hydrogens (tertiary/aromatic N) is 4. The Bertz CT molecular complexity index is 727. The Morgan fingerprint density at radius 3 is 2.79 bits per heavy atom. The third-order valence-corrected chi connectivity index (χ3v) is 4.80. The maximum Gasteiger partial charge on any atom is 0.256 e. The first kappa shape index (κ1) is 16.9. The van der Waals surface area contributed by atoms with Crippen LogP contribution in [0.25, 0.3) is 0 Å². The Morgan fingerprint density at radius 2 is 2.08 bits per heavy atom. The van der Waals surface area contributed by atoms with Gasteiger partial charge in [-0.3, -0.25) is 14.3 Å². The predicted octanol–water partition coefficient (Wildman–Crippen LogP) is 2.58. The van der Waals surface area contributed by atoms with Crippen LogP contribution in [0, 0.1) is 12.8 Å². The molecular weight excluding hydrogens is 304 g/mol. The first-order chi connectivity index (χ1) is 11.5. The van der Waals surface area contributed by atoms with Gasteiger partial charge in [0.05, 0.1) is 12.0 Å². The van der Waals surface area contributed by atoms with Crippen LogP contribution in [0.4, 0.5) is 0 Å². The summed E-state index contributed by atoms with van der Waals surface area (Å²) >= 11 is 0. The lowest BCUT2D eigenvalue weighted by Crippen LogP contribution is -2.36. The number of likely N-dealkylation sites (tertiary alicyclic amines) is 1. The summed E-state index contributed by atoms with van der Waals surface area (Å²) in [6, 6.07) is 0. The van der Waals surface area contributed by atoms with E-state index in [9.17, 15) is 4.79 Å². The Hall–Kier alpha value is -1.95. The molecule has 0 amide bonds. The maximum absolute atomic E-state index is 12.1. The number of piperidine rings is 1. The minimum atomic E-state index is 0.0802. The van der Waals surface area contributed by atoms with Crippen LogP contribution in [0.2, 0.25) is 0 Å². The molecule has 130 valence electrons. The minimum absolute atomic E-state index is 0.0802. The topological polar surface area (TPSA) is 64.2 Å². The Labute approximate surface area is 142 Å². The van der Waals surface area contributed by atoms with Gasteiger partial charge in [0.1, 0.15) is 5.76 Å². The van der Waals surface area contributed by atoms with Gasteiger partial charge in [-0.05, 0) is 38.8 Å². The van der Waals surface area contributed by atoms with Crippen LogP contribution in [-0.2, 0) is 13.1 Å². The molecule has 0 N–H and O–H groups in total. The zero-order chi connectivity index (χ0) is 17.1. The molecule has 1 fully saturated rings. The highest BCUT2D eigenvalue weighted by Crippen LogP contribution is 2.23. The van der Waals surface area contributed by atoms with Crippen molar-refractivity contribution in [2.75, 3.05) is 13.1 Å². The second-order valence-electron chi connectivity index (χ2n) is 7.07. The molecule has 1 aliphatic heterocycles. The Kier molecular flexibility index (Phi) is 5.14. The molecule has 0 saturated carbocycles. The van der Waals surface area contributed by atoms with Gasteiger partial charge in [0.25, 0.3) is 5.56 Å². The van der Waals surface area contributed by atoms with Crippen molar-refractivity contribution in [3.05, 3.63) is 46.3 Å². The van der Waals surface area contributed by atoms with Crippen LogP contribution < -0.4 is 5.56 Å². The smallest absolute Gasteiger partial charge is 0.256 e. The van der Waals surface area contributed by atoms with Crippen molar-refractivity contribution >= 4 is 0 Å². The highest BCUT2D eigenvalue weighted by atomic mass is 16.3. The predicted molar refractivity (Wildman–Crippen MR) is 91.8 cm³/mol. The molecule has 24 heavy (non-hydrogen) atoms. The average molecular weight is 330 g/mol. The first-order valence-electron chi connectivity index (χ1n) is 8.70. The van der Waals surface area contributed by atoms with Crippen molar-refractivity contribution in [1.82, 2.24) is 19.4 Å². The largest absolute Gasteiger partial charge is 0.448 e. The lowest BCUT2D eigenvalue weighted by molar-refractivity contribution is 0.164. The fraction of sp³-hybridized carbons (Fsp3) is 0.611. The highest BCUT2D eigenvalue weighted by molar-refractivity contribution is 5.11. The van der Waals surface area contributed by atoms with E-state index in [1.807, 2.05) is 6.92 Å². The molecule has 1 aliphatic rings. The van der Waals surface area contributed by atoms with E-state index in [2.05, 4.69) is 28.7 Å². The van der Waals surface area contributed by atoms with E-state index in [0.717, 1.165) is 50.5 Å². The summed E-state index contributed by atoms with van der Waals surface area (Å²) in [5.74, 6) is 1.89. The summed E-state index contributed by atoms with van der Waals surface area (Å²) in [4.78, 5) is 23.1. The molecule has 2 aromatic heterocycles. The van der Waals surface area contributed by atoms with Crippen LogP contribution in [0.15, 0.2) is 28.1 Å². The quantitative estimate of drug-likeness (QED) is 0.843. The zero-order valence-electron chi connectivity index (χ0n) is 14.7. The molecule has 6 nitrogen and oxygen atoms in total. The number of aromatic nitrogens is 3. The minimum Gasteiger partial charge on any atom is -0.448 e. The van der Waals surface area contributed by atoms with Crippen LogP contribution in [0.5, 0.6) is 0 Å². The number of oxazole rings is 1. The SMILES string of the molecule is Cc1cncn(CC2CCN(Cc3ncoc3C(C)C)CC2)c1=O. The zero-order valence-corrected chi connectivity index (χ0v) is 14.7. The van der Waals surface area contributed by atoms with E-state index in [0.29, 0.717) is 17.4 Å². The van der Waals surface area contributed by atoms with Crippen molar-refractivity contribution in [3.8, 4) is 0 Å². The molecule has 0 spiro atoms. The number of hydrogen-bond donors (Lipinski definition) is 0. The second kappa shape index (κ2) is 7.30. The molecular formula is C18H26N4O2. The molecule has 0 unspecified atom stereocenters. The van der Waals surface area contributed by atoms with Crippen molar-refractivity contribution in [1.29, 1.82) is 0 Å². The fourth-order valence-electron chi connectivity index (χ4n) is 3.37. The molecule has 0 aromatic carbocycles. The second-order valence-corrected chi connectivity index (χ2v) is 7.07. The van der Waals surface area contributed by atoms with E-state index in [1.165, 1.54) is 0 Å². The van der Waals surface area contributed by atoms with Crippen LogP contribution in [0.3, 0.4) is 0 Å². The Balaban J connectivity index is 1.55. The van der Waals surface area contributed by atoms with Gasteiger partial charge in [0, 0.05) is 30.8 Å². The number of rotatable bonds is 5. The lowest BCUT2D eigenvalue weighted by Gasteiger charge is -2.31. The van der Waals surface area contributed by atoms with E-state index in [4.69, 9.17) is 4.42 Å². The van der Waals surface area contributed by atoms with Crippen molar-refractivity contribution in [3.63, 3.8) is 0 Å². The highest BCUT2D eigenvalue weighted by Gasteiger charge is 2.22. The van der Waals surface area contributed by atoms with Gasteiger partial charge in [0.2, 0.25) is 0 Å². The normalized spacial score (nSPS) is 16.8. The van der Waals surface area contributed by atoms with Gasteiger partial charge in [-0.1, -0.05) is 13.8 Å². The van der Waals surface area contributed by atoms with Crippen molar-refractivity contribution in [2.24, 2.45) is 5.92 Å².